The Balaban J connectivity index is 1.58. The Morgan fingerprint density at radius 3 is 2.72 bits per heavy atom. The summed E-state index contributed by atoms with van der Waals surface area (Å²) in [6, 6.07) is 8.00. The third-order valence-electron chi connectivity index (χ3n) is 4.47. The molecule has 4 rings (SSSR count). The summed E-state index contributed by atoms with van der Waals surface area (Å²) in [6.45, 7) is 0.246. The molecule has 0 bridgehead atoms. The number of imide groups is 1. The van der Waals surface area contributed by atoms with E-state index >= 15 is 0 Å². The van der Waals surface area contributed by atoms with Gasteiger partial charge in [-0.15, -0.1) is 0 Å². The van der Waals surface area contributed by atoms with Gasteiger partial charge in [0.1, 0.15) is 11.1 Å². The predicted octanol–water partition coefficient (Wildman–Crippen LogP) is 0.986. The van der Waals surface area contributed by atoms with Crippen LogP contribution in [0.25, 0.3) is 11.0 Å². The number of hydrogen-bond donors (Lipinski definition) is 0. The smallest absolute Gasteiger partial charge is 0.417 e. The number of likely N-dealkylation sites (tertiary alicyclic amines) is 1. The summed E-state index contributed by atoms with van der Waals surface area (Å²) in [5, 5.41) is 0.652. The van der Waals surface area contributed by atoms with Crippen LogP contribution >= 0.6 is 0 Å². The lowest BCUT2D eigenvalue weighted by molar-refractivity contribution is -0.127. The van der Waals surface area contributed by atoms with Gasteiger partial charge in [-0.3, -0.25) is 9.59 Å². The molecule has 0 N–H and O–H groups in total. The summed E-state index contributed by atoms with van der Waals surface area (Å²) in [5.74, 6) is -0.878. The van der Waals surface area contributed by atoms with Crippen LogP contribution in [-0.2, 0) is 9.53 Å². The lowest BCUT2D eigenvalue weighted by atomic mass is 10.1. The van der Waals surface area contributed by atoms with Crippen LogP contribution in [0.3, 0.4) is 0 Å². The summed E-state index contributed by atoms with van der Waals surface area (Å²) in [4.78, 5) is 50.7. The molecule has 0 radical (unpaired) electrons. The monoisotopic (exact) mass is 342 g/mol. The predicted molar refractivity (Wildman–Crippen MR) is 85.0 cm³/mol. The fourth-order valence-electron chi connectivity index (χ4n) is 3.24. The van der Waals surface area contributed by atoms with E-state index in [0.29, 0.717) is 23.9 Å². The molecule has 8 nitrogen and oxygen atoms in total. The summed E-state index contributed by atoms with van der Waals surface area (Å²) in [7, 11) is 0. The van der Waals surface area contributed by atoms with Gasteiger partial charge in [0.15, 0.2) is 6.61 Å². The number of rotatable bonds is 2. The van der Waals surface area contributed by atoms with Crippen molar-refractivity contribution in [1.82, 2.24) is 9.80 Å². The van der Waals surface area contributed by atoms with Crippen LogP contribution in [0.1, 0.15) is 16.8 Å². The van der Waals surface area contributed by atoms with E-state index in [1.807, 2.05) is 0 Å². The Bertz CT molecular complexity index is 934. The first kappa shape index (κ1) is 15.4. The van der Waals surface area contributed by atoms with E-state index < -0.39 is 29.6 Å². The molecule has 8 heteroatoms. The van der Waals surface area contributed by atoms with Crippen LogP contribution in [0.15, 0.2) is 39.5 Å². The van der Waals surface area contributed by atoms with Gasteiger partial charge in [-0.25, -0.2) is 14.5 Å². The van der Waals surface area contributed by atoms with Crippen LogP contribution in [0, 0.1) is 0 Å². The van der Waals surface area contributed by atoms with Crippen molar-refractivity contribution in [3.8, 4) is 0 Å². The van der Waals surface area contributed by atoms with Crippen molar-refractivity contribution in [1.29, 1.82) is 0 Å². The average molecular weight is 342 g/mol. The Kier molecular flexibility index (Phi) is 3.52. The largest absolute Gasteiger partial charge is 0.439 e. The minimum absolute atomic E-state index is 0.0605. The number of hydrogen-bond acceptors (Lipinski definition) is 6. The van der Waals surface area contributed by atoms with Gasteiger partial charge in [0.25, 0.3) is 11.8 Å². The molecule has 2 aliphatic rings. The molecule has 2 fully saturated rings. The number of carbonyl (C=O) groups is 3. The zero-order valence-corrected chi connectivity index (χ0v) is 13.1. The Hall–Kier alpha value is -3.16. The molecule has 3 heterocycles. The molecule has 2 aromatic rings. The molecular formula is C17H14N2O6. The van der Waals surface area contributed by atoms with Crippen molar-refractivity contribution in [2.24, 2.45) is 0 Å². The minimum atomic E-state index is -0.705. The fraction of sp³-hybridized carbons (Fsp3) is 0.294. The second kappa shape index (κ2) is 5.73. The second-order valence-corrected chi connectivity index (χ2v) is 6.00. The van der Waals surface area contributed by atoms with Crippen LogP contribution in [0.5, 0.6) is 0 Å². The number of carbonyl (C=O) groups excluding carboxylic acids is 3. The van der Waals surface area contributed by atoms with Crippen molar-refractivity contribution in [3.63, 3.8) is 0 Å². The van der Waals surface area contributed by atoms with E-state index in [-0.39, 0.29) is 18.7 Å². The number of benzene rings is 1. The van der Waals surface area contributed by atoms with Crippen molar-refractivity contribution < 1.29 is 23.5 Å². The van der Waals surface area contributed by atoms with Crippen LogP contribution in [0.2, 0.25) is 0 Å². The van der Waals surface area contributed by atoms with Gasteiger partial charge in [-0.05, 0) is 18.6 Å². The van der Waals surface area contributed by atoms with Gasteiger partial charge in [0.05, 0.1) is 6.04 Å². The highest BCUT2D eigenvalue weighted by Crippen LogP contribution is 2.22. The topological polar surface area (TPSA) is 97.1 Å². The van der Waals surface area contributed by atoms with Crippen molar-refractivity contribution in [2.75, 3.05) is 19.7 Å². The van der Waals surface area contributed by atoms with Crippen LogP contribution in [0.4, 0.5) is 4.79 Å². The molecule has 1 aromatic heterocycles. The van der Waals surface area contributed by atoms with E-state index in [9.17, 15) is 19.2 Å². The standard InChI is InChI=1S/C17H14N2O6/c20-14-9-24-17(23)19(14)11-5-6-18(8-11)15(21)12-7-10-3-1-2-4-13(10)25-16(12)22/h1-4,7,11H,5-6,8-9H2/t11-/m0/s1. The first-order valence-electron chi connectivity index (χ1n) is 7.85. The molecule has 2 saturated heterocycles. The maximum Gasteiger partial charge on any atom is 0.417 e. The maximum atomic E-state index is 12.7. The Morgan fingerprint density at radius 1 is 1.16 bits per heavy atom. The van der Waals surface area contributed by atoms with E-state index in [1.165, 1.54) is 11.0 Å². The number of amides is 3. The van der Waals surface area contributed by atoms with E-state index in [1.54, 1.807) is 24.3 Å². The van der Waals surface area contributed by atoms with Crippen molar-refractivity contribution in [2.45, 2.75) is 12.5 Å². The normalized spacial score (nSPS) is 20.4. The number of nitrogens with zero attached hydrogens (tertiary/aromatic N) is 2. The molecule has 1 atom stereocenters. The summed E-state index contributed by atoms with van der Waals surface area (Å²) in [6.07, 6.45) is -0.236. The Labute approximate surface area is 141 Å². The number of fused-ring (bicyclic) bond motifs is 1. The van der Waals surface area contributed by atoms with Gasteiger partial charge < -0.3 is 14.1 Å². The quantitative estimate of drug-likeness (QED) is 0.755. The highest BCUT2D eigenvalue weighted by molar-refractivity contribution is 5.99. The van der Waals surface area contributed by atoms with Crippen molar-refractivity contribution >= 4 is 28.9 Å². The van der Waals surface area contributed by atoms with Crippen LogP contribution in [-0.4, -0.2) is 53.4 Å². The SMILES string of the molecule is O=C(c1cc2ccccc2oc1=O)N1CC[C@H](N2C(=O)COC2=O)C1. The molecule has 0 saturated carbocycles. The van der Waals surface area contributed by atoms with Crippen molar-refractivity contribution in [3.05, 3.63) is 46.3 Å². The maximum absolute atomic E-state index is 12.7. The van der Waals surface area contributed by atoms with E-state index in [4.69, 9.17) is 9.15 Å². The first-order valence-corrected chi connectivity index (χ1v) is 7.85. The zero-order chi connectivity index (χ0) is 17.6. The van der Waals surface area contributed by atoms with E-state index in [0.717, 1.165) is 4.90 Å². The summed E-state index contributed by atoms with van der Waals surface area (Å²) >= 11 is 0. The number of para-hydroxylation sites is 1. The summed E-state index contributed by atoms with van der Waals surface area (Å²) in [5.41, 5.74) is -0.354. The zero-order valence-electron chi connectivity index (χ0n) is 13.1. The second-order valence-electron chi connectivity index (χ2n) is 6.00. The lowest BCUT2D eigenvalue weighted by Crippen LogP contribution is -2.42. The van der Waals surface area contributed by atoms with Gasteiger partial charge in [0, 0.05) is 18.5 Å². The van der Waals surface area contributed by atoms with E-state index in [2.05, 4.69) is 0 Å². The molecule has 0 spiro atoms. The average Bonchev–Trinajstić information content (AvgIpc) is 3.20. The molecule has 0 unspecified atom stereocenters. The van der Waals surface area contributed by atoms with Gasteiger partial charge in [-0.1, -0.05) is 18.2 Å². The highest BCUT2D eigenvalue weighted by atomic mass is 16.6. The highest BCUT2D eigenvalue weighted by Gasteiger charge is 2.41. The fourth-order valence-corrected chi connectivity index (χ4v) is 3.24. The van der Waals surface area contributed by atoms with Gasteiger partial charge in [-0.2, -0.15) is 0 Å². The van der Waals surface area contributed by atoms with Gasteiger partial charge in [0.2, 0.25) is 0 Å². The Morgan fingerprint density at radius 2 is 1.96 bits per heavy atom. The molecular weight excluding hydrogens is 328 g/mol. The number of ether oxygens (including phenoxy) is 1. The third-order valence-corrected chi connectivity index (χ3v) is 4.47. The molecule has 25 heavy (non-hydrogen) atoms. The molecule has 1 aromatic carbocycles. The molecule has 128 valence electrons. The van der Waals surface area contributed by atoms with Gasteiger partial charge >= 0.3 is 11.7 Å². The number of cyclic esters (lactones) is 1. The lowest BCUT2D eigenvalue weighted by Gasteiger charge is -2.20. The molecule has 2 aliphatic heterocycles. The minimum Gasteiger partial charge on any atom is -0.439 e. The first-order chi connectivity index (χ1) is 12.0. The molecule has 0 aliphatic carbocycles. The molecule has 3 amide bonds. The van der Waals surface area contributed by atoms with Crippen LogP contribution < -0.4 is 5.63 Å². The summed E-state index contributed by atoms with van der Waals surface area (Å²) < 4.78 is 9.90. The third kappa shape index (κ3) is 2.55.